The van der Waals surface area contributed by atoms with Crippen LogP contribution in [0.4, 0.5) is 0 Å². The lowest BCUT2D eigenvalue weighted by atomic mass is 10.00. The Balaban J connectivity index is 1.68. The van der Waals surface area contributed by atoms with Crippen LogP contribution in [-0.2, 0) is 14.3 Å². The lowest BCUT2D eigenvalue weighted by Gasteiger charge is -2.25. The van der Waals surface area contributed by atoms with E-state index in [1.54, 1.807) is 0 Å². The van der Waals surface area contributed by atoms with Crippen LogP contribution >= 0.6 is 23.2 Å². The van der Waals surface area contributed by atoms with Crippen LogP contribution in [0.15, 0.2) is 24.0 Å². The van der Waals surface area contributed by atoms with Crippen LogP contribution in [0.5, 0.6) is 5.75 Å². The predicted molar refractivity (Wildman–Crippen MR) is 83.2 cm³/mol. The summed E-state index contributed by atoms with van der Waals surface area (Å²) in [6.45, 7) is 1.69. The second-order valence-corrected chi connectivity index (χ2v) is 6.14. The Bertz CT molecular complexity index is 651. The molecule has 2 aliphatic rings. The number of carbonyl (C=O) groups is 2. The van der Waals surface area contributed by atoms with Crippen LogP contribution in [0.2, 0.25) is 10.3 Å². The zero-order valence-electron chi connectivity index (χ0n) is 12.1. The second-order valence-electron chi connectivity index (χ2n) is 5.37. The number of pyridine rings is 1. The number of amides is 2. The van der Waals surface area contributed by atoms with Crippen LogP contribution in [0.1, 0.15) is 12.8 Å². The molecule has 0 atom stereocenters. The molecule has 6 nitrogen and oxygen atoms in total. The molecule has 8 heteroatoms. The Morgan fingerprint density at radius 1 is 1.22 bits per heavy atom. The summed E-state index contributed by atoms with van der Waals surface area (Å²) < 4.78 is 10.7. The maximum Gasteiger partial charge on any atom is 0.296 e. The second kappa shape index (κ2) is 6.86. The van der Waals surface area contributed by atoms with E-state index in [1.165, 1.54) is 23.1 Å². The predicted octanol–water partition coefficient (Wildman–Crippen LogP) is 2.45. The molecular formula is C15H14Cl2N2O4. The summed E-state index contributed by atoms with van der Waals surface area (Å²) in [6, 6.07) is 2.85. The highest BCUT2D eigenvalue weighted by molar-refractivity contribution is 6.32. The van der Waals surface area contributed by atoms with Crippen LogP contribution in [0, 0.1) is 5.92 Å². The molecule has 0 radical (unpaired) electrons. The maximum atomic E-state index is 12.4. The normalized spacial score (nSPS) is 19.2. The first-order valence-electron chi connectivity index (χ1n) is 7.19. The standard InChI is InChI=1S/C15H14Cl2N2O4/c16-12-5-10(6-13(17)18-12)23-11-7-14(20)19(15(11)21)8-9-1-3-22-4-2-9/h5-7,9H,1-4,8H2. The van der Waals surface area contributed by atoms with Crippen LogP contribution in [0.25, 0.3) is 0 Å². The molecule has 0 saturated carbocycles. The van der Waals surface area contributed by atoms with Crippen LogP contribution in [-0.4, -0.2) is 41.5 Å². The fourth-order valence-corrected chi connectivity index (χ4v) is 2.99. The number of hydrogen-bond donors (Lipinski definition) is 0. The third-order valence-electron chi connectivity index (χ3n) is 3.72. The summed E-state index contributed by atoms with van der Waals surface area (Å²) in [6.07, 6.45) is 2.86. The molecule has 0 N–H and O–H groups in total. The van der Waals surface area contributed by atoms with Crippen molar-refractivity contribution >= 4 is 35.0 Å². The number of aromatic nitrogens is 1. The van der Waals surface area contributed by atoms with Crippen molar-refractivity contribution < 1.29 is 19.1 Å². The largest absolute Gasteiger partial charge is 0.451 e. The van der Waals surface area contributed by atoms with Gasteiger partial charge in [-0.2, -0.15) is 0 Å². The molecule has 1 saturated heterocycles. The van der Waals surface area contributed by atoms with Crippen LogP contribution in [0.3, 0.4) is 0 Å². The average Bonchev–Trinajstić information content (AvgIpc) is 2.75. The highest BCUT2D eigenvalue weighted by Gasteiger charge is 2.34. The van der Waals surface area contributed by atoms with Gasteiger partial charge in [0.2, 0.25) is 0 Å². The molecule has 1 fully saturated rings. The van der Waals surface area contributed by atoms with E-state index in [0.29, 0.717) is 19.8 Å². The van der Waals surface area contributed by atoms with Gasteiger partial charge in [-0.1, -0.05) is 23.2 Å². The van der Waals surface area contributed by atoms with Gasteiger partial charge in [0.1, 0.15) is 16.1 Å². The SMILES string of the molecule is O=C1C=C(Oc2cc(Cl)nc(Cl)c2)C(=O)N1CC1CCOCC1. The van der Waals surface area contributed by atoms with Gasteiger partial charge in [-0.25, -0.2) is 4.98 Å². The molecule has 1 aromatic heterocycles. The molecule has 3 rings (SSSR count). The van der Waals surface area contributed by atoms with E-state index >= 15 is 0 Å². The molecule has 0 aliphatic carbocycles. The number of halogens is 2. The van der Waals surface area contributed by atoms with E-state index in [-0.39, 0.29) is 33.6 Å². The summed E-state index contributed by atoms with van der Waals surface area (Å²) in [5.74, 6) is -0.349. The van der Waals surface area contributed by atoms with Gasteiger partial charge in [0.25, 0.3) is 11.8 Å². The average molecular weight is 357 g/mol. The van der Waals surface area contributed by atoms with E-state index in [9.17, 15) is 9.59 Å². The Hall–Kier alpha value is -1.63. The quantitative estimate of drug-likeness (QED) is 0.612. The lowest BCUT2D eigenvalue weighted by Crippen LogP contribution is -2.37. The summed E-state index contributed by atoms with van der Waals surface area (Å²) in [5.41, 5.74) is 0. The van der Waals surface area contributed by atoms with Crippen molar-refractivity contribution in [2.75, 3.05) is 19.8 Å². The molecule has 2 aliphatic heterocycles. The van der Waals surface area contributed by atoms with Gasteiger partial charge < -0.3 is 9.47 Å². The zero-order chi connectivity index (χ0) is 16.4. The monoisotopic (exact) mass is 356 g/mol. The first-order valence-corrected chi connectivity index (χ1v) is 7.95. The highest BCUT2D eigenvalue weighted by atomic mass is 35.5. The fourth-order valence-electron chi connectivity index (χ4n) is 2.55. The van der Waals surface area contributed by atoms with Crippen LogP contribution < -0.4 is 4.74 Å². The molecule has 122 valence electrons. The summed E-state index contributed by atoms with van der Waals surface area (Å²) in [5, 5.41) is 0.285. The van der Waals surface area contributed by atoms with Gasteiger partial charge in [-0.15, -0.1) is 0 Å². The minimum atomic E-state index is -0.453. The van der Waals surface area contributed by atoms with E-state index in [1.807, 2.05) is 0 Å². The third-order valence-corrected chi connectivity index (χ3v) is 4.11. The van der Waals surface area contributed by atoms with Crippen molar-refractivity contribution in [3.63, 3.8) is 0 Å². The van der Waals surface area contributed by atoms with Gasteiger partial charge in [0.15, 0.2) is 5.76 Å². The van der Waals surface area contributed by atoms with E-state index in [0.717, 1.165) is 12.8 Å². The van der Waals surface area contributed by atoms with Gasteiger partial charge in [-0.05, 0) is 18.8 Å². The van der Waals surface area contributed by atoms with Gasteiger partial charge in [-0.3, -0.25) is 14.5 Å². The minimum absolute atomic E-state index is 0.0413. The maximum absolute atomic E-state index is 12.4. The summed E-state index contributed by atoms with van der Waals surface area (Å²) in [4.78, 5) is 29.4. The van der Waals surface area contributed by atoms with Crippen molar-refractivity contribution in [1.29, 1.82) is 0 Å². The summed E-state index contributed by atoms with van der Waals surface area (Å²) >= 11 is 11.6. The molecule has 3 heterocycles. The topological polar surface area (TPSA) is 68.7 Å². The molecule has 0 bridgehead atoms. The van der Waals surface area contributed by atoms with Gasteiger partial charge in [0.05, 0.1) is 6.08 Å². The number of hydrogen-bond acceptors (Lipinski definition) is 5. The Labute approximate surface area is 143 Å². The smallest absolute Gasteiger partial charge is 0.296 e. The molecule has 1 aromatic rings. The van der Waals surface area contributed by atoms with Gasteiger partial charge >= 0.3 is 0 Å². The fraction of sp³-hybridized carbons (Fsp3) is 0.400. The Morgan fingerprint density at radius 3 is 2.52 bits per heavy atom. The first-order chi connectivity index (χ1) is 11.0. The van der Waals surface area contributed by atoms with Crippen molar-refractivity contribution in [3.05, 3.63) is 34.3 Å². The number of nitrogens with zero attached hydrogens (tertiary/aromatic N) is 2. The first kappa shape index (κ1) is 16.2. The van der Waals surface area contributed by atoms with E-state index in [4.69, 9.17) is 32.7 Å². The Morgan fingerprint density at radius 2 is 1.87 bits per heavy atom. The zero-order valence-corrected chi connectivity index (χ0v) is 13.6. The van der Waals surface area contributed by atoms with E-state index < -0.39 is 5.91 Å². The number of carbonyl (C=O) groups excluding carboxylic acids is 2. The minimum Gasteiger partial charge on any atom is -0.451 e. The number of ether oxygens (including phenoxy) is 2. The van der Waals surface area contributed by atoms with Crippen molar-refractivity contribution in [3.8, 4) is 5.75 Å². The van der Waals surface area contributed by atoms with Crippen molar-refractivity contribution in [1.82, 2.24) is 9.88 Å². The highest BCUT2D eigenvalue weighted by Crippen LogP contribution is 2.26. The molecular weight excluding hydrogens is 343 g/mol. The number of rotatable bonds is 4. The molecule has 0 aromatic carbocycles. The summed E-state index contributed by atoms with van der Waals surface area (Å²) in [7, 11) is 0. The third kappa shape index (κ3) is 3.83. The Kier molecular flexibility index (Phi) is 4.84. The molecule has 23 heavy (non-hydrogen) atoms. The van der Waals surface area contributed by atoms with Gasteiger partial charge in [0, 0.05) is 31.9 Å². The lowest BCUT2D eigenvalue weighted by molar-refractivity contribution is -0.139. The van der Waals surface area contributed by atoms with E-state index in [2.05, 4.69) is 4.98 Å². The molecule has 0 spiro atoms. The molecule has 0 unspecified atom stereocenters. The number of imide groups is 1. The van der Waals surface area contributed by atoms with Crippen molar-refractivity contribution in [2.24, 2.45) is 5.92 Å². The molecule has 2 amide bonds. The van der Waals surface area contributed by atoms with Crippen molar-refractivity contribution in [2.45, 2.75) is 12.8 Å².